The predicted molar refractivity (Wildman–Crippen MR) is 68.6 cm³/mol. The van der Waals surface area contributed by atoms with Crippen molar-refractivity contribution in [2.45, 2.75) is 19.4 Å². The number of hydrogen-bond donors (Lipinski definition) is 4. The van der Waals surface area contributed by atoms with E-state index in [0.29, 0.717) is 12.2 Å². The summed E-state index contributed by atoms with van der Waals surface area (Å²) in [6.45, 7) is 2.85. The van der Waals surface area contributed by atoms with E-state index in [1.54, 1.807) is 13.8 Å². The van der Waals surface area contributed by atoms with Crippen molar-refractivity contribution in [1.29, 1.82) is 0 Å². The Balaban J connectivity index is 0. The predicted octanol–water partition coefficient (Wildman–Crippen LogP) is -1.24. The number of nitrogens with zero attached hydrogens (tertiary/aromatic N) is 1. The topological polar surface area (TPSA) is 182 Å². The van der Waals surface area contributed by atoms with Gasteiger partial charge in [-0.25, -0.2) is 9.59 Å². The number of aliphatic carboxylic acids is 2. The molecule has 0 aromatic heterocycles. The van der Waals surface area contributed by atoms with Crippen molar-refractivity contribution in [3.05, 3.63) is 22.3 Å². The minimum Gasteiger partial charge on any atom is -0.478 e. The van der Waals surface area contributed by atoms with Crippen LogP contribution < -0.4 is 11.1 Å². The van der Waals surface area contributed by atoms with Gasteiger partial charge in [-0.2, -0.15) is 0 Å². The first kappa shape index (κ1) is 20.6. The van der Waals surface area contributed by atoms with Gasteiger partial charge in [0.1, 0.15) is 6.61 Å². The van der Waals surface area contributed by atoms with Crippen molar-refractivity contribution < 1.29 is 34.5 Å². The minimum absolute atomic E-state index is 0.151. The maximum Gasteiger partial charge on any atom is 0.328 e. The lowest BCUT2D eigenvalue weighted by atomic mass is 10.1. The number of nitrogens with two attached hydrogens (primary N) is 1. The van der Waals surface area contributed by atoms with Crippen molar-refractivity contribution in [2.75, 3.05) is 13.2 Å². The van der Waals surface area contributed by atoms with Crippen LogP contribution in [0.2, 0.25) is 0 Å². The Kier molecular flexibility index (Phi) is 9.96. The van der Waals surface area contributed by atoms with E-state index in [1.165, 1.54) is 0 Å². The third kappa shape index (κ3) is 17.3. The maximum atomic E-state index is 10.8. The lowest BCUT2D eigenvalue weighted by molar-refractivity contribution is -0.759. The second-order valence-corrected chi connectivity index (χ2v) is 4.14. The van der Waals surface area contributed by atoms with Crippen LogP contribution in [-0.2, 0) is 19.2 Å². The summed E-state index contributed by atoms with van der Waals surface area (Å²) in [5, 5.41) is 27.0. The number of hydrogen-bond acceptors (Lipinski definition) is 7. The number of nitrogens with one attached hydrogen (secondary N) is 1. The molecule has 0 aromatic rings. The molecule has 0 aliphatic rings. The Morgan fingerprint density at radius 2 is 1.71 bits per heavy atom. The number of carbonyl (C=O) groups excluding carboxylic acids is 1. The monoisotopic (exact) mass is 307 g/mol. The highest BCUT2D eigenvalue weighted by Crippen LogP contribution is 2.01. The second kappa shape index (κ2) is 10.1. The molecular formula is C10H17N3O8. The van der Waals surface area contributed by atoms with Crippen molar-refractivity contribution in [3.8, 4) is 0 Å². The van der Waals surface area contributed by atoms with E-state index in [2.05, 4.69) is 10.2 Å². The van der Waals surface area contributed by atoms with Crippen LogP contribution in [0.25, 0.3) is 0 Å². The fraction of sp³-hybridized carbons (Fsp3) is 0.500. The van der Waals surface area contributed by atoms with Crippen LogP contribution in [0.3, 0.4) is 0 Å². The molecular weight excluding hydrogens is 290 g/mol. The smallest absolute Gasteiger partial charge is 0.328 e. The zero-order chi connectivity index (χ0) is 17.1. The lowest BCUT2D eigenvalue weighted by Gasteiger charge is -2.24. The molecule has 0 aromatic carbocycles. The van der Waals surface area contributed by atoms with Gasteiger partial charge in [-0.15, -0.1) is 10.1 Å². The fourth-order valence-electron chi connectivity index (χ4n) is 0.821. The largest absolute Gasteiger partial charge is 0.478 e. The molecule has 0 rings (SSSR count). The summed E-state index contributed by atoms with van der Waals surface area (Å²) in [5.41, 5.74) is 4.26. The summed E-state index contributed by atoms with van der Waals surface area (Å²) in [7, 11) is 0. The van der Waals surface area contributed by atoms with Crippen LogP contribution in [0.4, 0.5) is 0 Å². The third-order valence-corrected chi connectivity index (χ3v) is 1.56. The van der Waals surface area contributed by atoms with Crippen molar-refractivity contribution in [2.24, 2.45) is 5.73 Å². The van der Waals surface area contributed by atoms with Crippen molar-refractivity contribution in [3.63, 3.8) is 0 Å². The second-order valence-electron chi connectivity index (χ2n) is 4.14. The van der Waals surface area contributed by atoms with Crippen LogP contribution in [0.5, 0.6) is 0 Å². The van der Waals surface area contributed by atoms with Gasteiger partial charge >= 0.3 is 11.9 Å². The summed E-state index contributed by atoms with van der Waals surface area (Å²) in [6.07, 6.45) is 1.12. The molecule has 0 aliphatic carbocycles. The normalized spacial score (nSPS) is 10.2. The molecule has 11 nitrogen and oxygen atoms in total. The summed E-state index contributed by atoms with van der Waals surface area (Å²) >= 11 is 0. The highest BCUT2D eigenvalue weighted by molar-refractivity contribution is 5.89. The van der Waals surface area contributed by atoms with Crippen LogP contribution in [0.1, 0.15) is 13.8 Å². The Morgan fingerprint density at radius 1 is 1.29 bits per heavy atom. The van der Waals surface area contributed by atoms with E-state index in [9.17, 15) is 24.5 Å². The molecule has 0 fully saturated rings. The molecule has 0 spiro atoms. The van der Waals surface area contributed by atoms with Gasteiger partial charge < -0.3 is 26.1 Å². The Bertz CT molecular complexity index is 403. The summed E-state index contributed by atoms with van der Waals surface area (Å²) in [4.78, 5) is 43.9. The number of amides is 1. The first-order valence-electron chi connectivity index (χ1n) is 5.42. The average molecular weight is 307 g/mol. The zero-order valence-corrected chi connectivity index (χ0v) is 11.4. The fourth-order valence-corrected chi connectivity index (χ4v) is 0.821. The average Bonchev–Trinajstić information content (AvgIpc) is 2.34. The molecule has 5 N–H and O–H groups in total. The molecule has 120 valence electrons. The quantitative estimate of drug-likeness (QED) is 0.254. The Morgan fingerprint density at radius 3 is 2.00 bits per heavy atom. The van der Waals surface area contributed by atoms with Gasteiger partial charge in [-0.3, -0.25) is 4.79 Å². The molecule has 0 radical (unpaired) electrons. The lowest BCUT2D eigenvalue weighted by Crippen LogP contribution is -2.49. The Hall–Kier alpha value is -2.69. The van der Waals surface area contributed by atoms with E-state index in [-0.39, 0.29) is 19.1 Å². The van der Waals surface area contributed by atoms with E-state index in [4.69, 9.17) is 15.9 Å². The number of rotatable bonds is 7. The molecule has 0 unspecified atom stereocenters. The van der Waals surface area contributed by atoms with Crippen molar-refractivity contribution in [1.82, 2.24) is 5.32 Å². The first-order valence-corrected chi connectivity index (χ1v) is 5.42. The van der Waals surface area contributed by atoms with Gasteiger partial charge in [0.25, 0.3) is 5.09 Å². The summed E-state index contributed by atoms with van der Waals surface area (Å²) in [5.74, 6) is -2.89. The van der Waals surface area contributed by atoms with Crippen molar-refractivity contribution >= 4 is 17.8 Å². The molecule has 0 saturated carbocycles. The standard InChI is InChI=1S/C6H13N3O4.C4H4O4/c1-6(2,4-13-9(11)12)8-5(10)3-7;5-3(6)1-2-4(7)8/h3-4,7H2,1-2H3,(H,8,10);1-2H,(H,5,6)(H,7,8). The van der Waals surface area contributed by atoms with E-state index < -0.39 is 22.6 Å². The highest BCUT2D eigenvalue weighted by Gasteiger charge is 2.21. The molecule has 21 heavy (non-hydrogen) atoms. The van der Waals surface area contributed by atoms with Gasteiger partial charge in [0.15, 0.2) is 0 Å². The third-order valence-electron chi connectivity index (χ3n) is 1.56. The molecule has 0 heterocycles. The van der Waals surface area contributed by atoms with Crippen LogP contribution >= 0.6 is 0 Å². The SMILES string of the molecule is CC(C)(CO[N+](=O)[O-])NC(=O)CN.O=C(O)C=CC(=O)O. The van der Waals surface area contributed by atoms with Gasteiger partial charge in [0, 0.05) is 12.2 Å². The van der Waals surface area contributed by atoms with E-state index in [0.717, 1.165) is 0 Å². The minimum atomic E-state index is -1.26. The number of carbonyl (C=O) groups is 3. The van der Waals surface area contributed by atoms with Gasteiger partial charge in [0.2, 0.25) is 5.91 Å². The molecule has 11 heteroatoms. The number of carboxylic acid groups (broad SMARTS) is 2. The molecule has 0 saturated heterocycles. The molecule has 0 bridgehead atoms. The van der Waals surface area contributed by atoms with Crippen LogP contribution in [-0.4, -0.2) is 51.8 Å². The summed E-state index contributed by atoms with van der Waals surface area (Å²) < 4.78 is 0. The maximum absolute atomic E-state index is 10.8. The zero-order valence-electron chi connectivity index (χ0n) is 11.4. The van der Waals surface area contributed by atoms with E-state index >= 15 is 0 Å². The highest BCUT2D eigenvalue weighted by atomic mass is 16.9. The van der Waals surface area contributed by atoms with Gasteiger partial charge in [-0.1, -0.05) is 0 Å². The molecule has 0 atom stereocenters. The first-order chi connectivity index (χ1) is 9.50. The molecule has 0 aliphatic heterocycles. The Labute approximate surface area is 119 Å². The molecule has 1 amide bonds. The van der Waals surface area contributed by atoms with E-state index in [1.807, 2.05) is 0 Å². The van der Waals surface area contributed by atoms with Crippen LogP contribution in [0.15, 0.2) is 12.2 Å². The van der Waals surface area contributed by atoms with Gasteiger partial charge in [-0.05, 0) is 13.8 Å². The number of carboxylic acids is 2. The van der Waals surface area contributed by atoms with Crippen LogP contribution in [0, 0.1) is 10.1 Å². The van der Waals surface area contributed by atoms with Gasteiger partial charge in [0.05, 0.1) is 12.1 Å². The summed E-state index contributed by atoms with van der Waals surface area (Å²) in [6, 6.07) is 0.